The van der Waals surface area contributed by atoms with E-state index in [0.717, 1.165) is 0 Å². The lowest BCUT2D eigenvalue weighted by Crippen LogP contribution is -2.65. The molecule has 1 saturated carbocycles. The van der Waals surface area contributed by atoms with Gasteiger partial charge in [0.1, 0.15) is 22.8 Å². The fourth-order valence-corrected chi connectivity index (χ4v) is 6.79. The quantitative estimate of drug-likeness (QED) is 0.293. The highest BCUT2D eigenvalue weighted by Crippen LogP contribution is 2.54. The van der Waals surface area contributed by atoms with Gasteiger partial charge in [-0.05, 0) is 44.5 Å². The minimum absolute atomic E-state index is 0.0200. The number of morpholine rings is 1. The number of Topliss-reactive ketones (excluding diaryl/α,β-unsaturated/α-hetero) is 2. The fourth-order valence-electron chi connectivity index (χ4n) is 6.79. The number of carbonyl (C=O) groups is 4. The number of fused-ring (bicyclic) bond motifs is 3. The average molecular weight is 571 g/mol. The number of ketones is 2. The molecule has 13 nitrogen and oxygen atoms in total. The molecule has 1 aromatic rings. The standard InChI is InChI=1S/C28H34N4O9/c1-30(2)16-11-14(27(39)32-5-7-41-8-6-32)21(33)18-13(16)9-12-10-15-20(31(3)4)23(35)19(26(29)38)25(37)28(15,40)24(36)17(12)22(18)34/h11-12,15,20,33-34,37,40H,5-10H2,1-4H3,(H2,29,38)/t12-,15-,20-,28-/m0/s1. The first-order valence-corrected chi connectivity index (χ1v) is 13.3. The van der Waals surface area contributed by atoms with Crippen LogP contribution < -0.4 is 10.6 Å². The Morgan fingerprint density at radius 2 is 1.73 bits per heavy atom. The molecule has 220 valence electrons. The zero-order valence-electron chi connectivity index (χ0n) is 23.3. The number of primary amides is 1. The van der Waals surface area contributed by atoms with E-state index in [2.05, 4.69) is 0 Å². The summed E-state index contributed by atoms with van der Waals surface area (Å²) in [5, 5.41) is 45.7. The SMILES string of the molecule is CN(C)c1cc(C(=O)N2CCOCC2)c(O)c2c1C[C@H]1C[C@H]3[C@H](N(C)C)C(=O)C(C(N)=O)=C(O)[C@@]3(O)C(=O)C1=C2O. The number of benzene rings is 1. The number of aromatic hydroxyl groups is 1. The number of likely N-dealkylation sites (N-methyl/N-ethyl adjacent to an activating group) is 1. The van der Waals surface area contributed by atoms with Gasteiger partial charge in [-0.25, -0.2) is 0 Å². The maximum absolute atomic E-state index is 14.1. The molecule has 0 bridgehead atoms. The molecule has 0 spiro atoms. The highest BCUT2D eigenvalue weighted by atomic mass is 16.5. The third kappa shape index (κ3) is 4.02. The fraction of sp³-hybridized carbons (Fsp3) is 0.500. The number of hydrogen-bond acceptors (Lipinski definition) is 11. The lowest BCUT2D eigenvalue weighted by atomic mass is 9.57. The number of aliphatic hydroxyl groups excluding tert-OH is 2. The maximum atomic E-state index is 14.1. The van der Waals surface area contributed by atoms with Crippen molar-refractivity contribution in [1.29, 1.82) is 0 Å². The summed E-state index contributed by atoms with van der Waals surface area (Å²) >= 11 is 0. The molecule has 0 aromatic heterocycles. The van der Waals surface area contributed by atoms with Crippen LogP contribution in [0.25, 0.3) is 5.76 Å². The number of rotatable bonds is 4. The highest BCUT2D eigenvalue weighted by molar-refractivity contribution is 6.24. The summed E-state index contributed by atoms with van der Waals surface area (Å²) in [4.78, 5) is 57.6. The van der Waals surface area contributed by atoms with Crippen molar-refractivity contribution in [3.8, 4) is 5.75 Å². The average Bonchev–Trinajstić information content (AvgIpc) is 2.90. The van der Waals surface area contributed by atoms with E-state index < -0.39 is 69.7 Å². The third-order valence-corrected chi connectivity index (χ3v) is 8.71. The number of nitrogens with two attached hydrogens (primary N) is 1. The molecule has 1 aromatic carbocycles. The molecular weight excluding hydrogens is 536 g/mol. The predicted molar refractivity (Wildman–Crippen MR) is 145 cm³/mol. The van der Waals surface area contributed by atoms with Gasteiger partial charge < -0.3 is 40.7 Å². The Hall–Kier alpha value is -3.94. The Balaban J connectivity index is 1.72. The number of hydrogen-bond donors (Lipinski definition) is 5. The Kier molecular flexibility index (Phi) is 6.87. The van der Waals surface area contributed by atoms with Gasteiger partial charge in [-0.2, -0.15) is 0 Å². The molecule has 0 unspecified atom stereocenters. The number of phenolic OH excluding ortho intramolecular Hbond substituents is 1. The normalized spacial score (nSPS) is 28.0. The van der Waals surface area contributed by atoms with E-state index in [1.165, 1.54) is 9.80 Å². The van der Waals surface area contributed by atoms with Gasteiger partial charge in [0.25, 0.3) is 11.8 Å². The second-order valence-electron chi connectivity index (χ2n) is 11.4. The Morgan fingerprint density at radius 1 is 1.10 bits per heavy atom. The van der Waals surface area contributed by atoms with Crippen molar-refractivity contribution < 1.29 is 44.3 Å². The van der Waals surface area contributed by atoms with Crippen LogP contribution in [0.3, 0.4) is 0 Å². The summed E-state index contributed by atoms with van der Waals surface area (Å²) in [5.74, 6) is -7.88. The van der Waals surface area contributed by atoms with Crippen molar-refractivity contribution in [3.05, 3.63) is 39.7 Å². The number of nitrogens with zero attached hydrogens (tertiary/aromatic N) is 3. The molecule has 4 aliphatic rings. The number of phenols is 1. The zero-order valence-corrected chi connectivity index (χ0v) is 23.3. The molecule has 3 aliphatic carbocycles. The number of amides is 2. The molecule has 5 rings (SSSR count). The topological polar surface area (TPSA) is 194 Å². The Morgan fingerprint density at radius 3 is 2.29 bits per heavy atom. The van der Waals surface area contributed by atoms with Crippen molar-refractivity contribution >= 4 is 34.8 Å². The van der Waals surface area contributed by atoms with Crippen LogP contribution in [-0.4, -0.2) is 120 Å². The number of carbonyl (C=O) groups excluding carboxylic acids is 4. The maximum Gasteiger partial charge on any atom is 0.257 e. The Labute approximate surface area is 236 Å². The van der Waals surface area contributed by atoms with E-state index >= 15 is 0 Å². The summed E-state index contributed by atoms with van der Waals surface area (Å²) in [5.41, 5.74) is 2.32. The van der Waals surface area contributed by atoms with Crippen molar-refractivity contribution in [2.75, 3.05) is 59.4 Å². The van der Waals surface area contributed by atoms with Crippen LogP contribution in [0.1, 0.15) is 27.9 Å². The minimum atomic E-state index is -2.73. The number of ether oxygens (including phenoxy) is 1. The summed E-state index contributed by atoms with van der Waals surface area (Å²) in [6.45, 7) is 1.30. The molecule has 2 amide bonds. The molecule has 6 N–H and O–H groups in total. The van der Waals surface area contributed by atoms with Gasteiger partial charge in [-0.15, -0.1) is 0 Å². The second kappa shape index (κ2) is 9.86. The predicted octanol–water partition coefficient (Wildman–Crippen LogP) is -0.498. The largest absolute Gasteiger partial charge is 0.508 e. The zero-order chi connectivity index (χ0) is 30.1. The van der Waals surface area contributed by atoms with Crippen molar-refractivity contribution in [2.45, 2.75) is 24.5 Å². The van der Waals surface area contributed by atoms with E-state index in [-0.39, 0.29) is 29.5 Å². The van der Waals surface area contributed by atoms with Crippen LogP contribution in [-0.2, 0) is 25.5 Å². The van der Waals surface area contributed by atoms with E-state index in [4.69, 9.17) is 10.5 Å². The molecule has 2 fully saturated rings. The first-order valence-electron chi connectivity index (χ1n) is 13.3. The van der Waals surface area contributed by atoms with Crippen LogP contribution in [0.4, 0.5) is 5.69 Å². The summed E-state index contributed by atoms with van der Waals surface area (Å²) < 4.78 is 5.32. The van der Waals surface area contributed by atoms with Crippen LogP contribution in [0, 0.1) is 11.8 Å². The second-order valence-corrected chi connectivity index (χ2v) is 11.4. The first kappa shape index (κ1) is 28.6. The first-order chi connectivity index (χ1) is 19.2. The van der Waals surface area contributed by atoms with Crippen molar-refractivity contribution in [2.24, 2.45) is 17.6 Å². The van der Waals surface area contributed by atoms with Gasteiger partial charge in [0.05, 0.1) is 30.4 Å². The molecule has 1 aliphatic heterocycles. The van der Waals surface area contributed by atoms with Crippen LogP contribution in [0.15, 0.2) is 23.0 Å². The Bertz CT molecular complexity index is 1440. The lowest BCUT2D eigenvalue weighted by Gasteiger charge is -2.50. The number of anilines is 1. The monoisotopic (exact) mass is 570 g/mol. The molecular formula is C28H34N4O9. The molecule has 1 saturated heterocycles. The van der Waals surface area contributed by atoms with Gasteiger partial charge in [-0.3, -0.25) is 24.1 Å². The minimum Gasteiger partial charge on any atom is -0.508 e. The van der Waals surface area contributed by atoms with Crippen molar-refractivity contribution in [1.82, 2.24) is 9.80 Å². The van der Waals surface area contributed by atoms with Crippen LogP contribution in [0.5, 0.6) is 5.75 Å². The summed E-state index contributed by atoms with van der Waals surface area (Å²) in [6, 6.07) is 0.383. The highest BCUT2D eigenvalue weighted by Gasteiger charge is 2.64. The van der Waals surface area contributed by atoms with Crippen LogP contribution in [0.2, 0.25) is 0 Å². The van der Waals surface area contributed by atoms with Gasteiger partial charge >= 0.3 is 0 Å². The van der Waals surface area contributed by atoms with Crippen molar-refractivity contribution in [3.63, 3.8) is 0 Å². The van der Waals surface area contributed by atoms with E-state index in [9.17, 15) is 39.6 Å². The number of aliphatic hydroxyl groups is 3. The smallest absolute Gasteiger partial charge is 0.257 e. The van der Waals surface area contributed by atoms with Crippen LogP contribution >= 0.6 is 0 Å². The summed E-state index contributed by atoms with van der Waals surface area (Å²) in [7, 11) is 6.57. The van der Waals surface area contributed by atoms with E-state index in [1.807, 2.05) is 0 Å². The van der Waals surface area contributed by atoms with Gasteiger partial charge in [0.15, 0.2) is 11.4 Å². The van der Waals surface area contributed by atoms with Gasteiger partial charge in [-0.1, -0.05) is 0 Å². The third-order valence-electron chi connectivity index (χ3n) is 8.71. The molecule has 41 heavy (non-hydrogen) atoms. The summed E-state index contributed by atoms with van der Waals surface area (Å²) in [6.07, 6.45) is 0.107. The molecule has 1 heterocycles. The lowest BCUT2D eigenvalue weighted by molar-refractivity contribution is -0.153. The van der Waals surface area contributed by atoms with Gasteiger partial charge in [0.2, 0.25) is 5.78 Å². The molecule has 0 radical (unpaired) electrons. The molecule has 4 atom stereocenters. The van der Waals surface area contributed by atoms with E-state index in [0.29, 0.717) is 37.6 Å². The molecule has 13 heteroatoms. The van der Waals surface area contributed by atoms with Gasteiger partial charge in [0, 0.05) is 44.4 Å². The van der Waals surface area contributed by atoms with E-state index in [1.54, 1.807) is 39.2 Å².